The number of thioether (sulfide) groups is 1. The molecule has 0 saturated heterocycles. The third-order valence-electron chi connectivity index (χ3n) is 4.62. The van der Waals surface area contributed by atoms with Crippen molar-refractivity contribution in [2.45, 2.75) is 117 Å². The third-order valence-corrected chi connectivity index (χ3v) is 5.43. The van der Waals surface area contributed by atoms with Crippen LogP contribution < -0.4 is 5.32 Å². The highest BCUT2D eigenvalue weighted by molar-refractivity contribution is 7.99. The van der Waals surface area contributed by atoms with Crippen molar-refractivity contribution in [3.8, 4) is 0 Å². The van der Waals surface area contributed by atoms with E-state index in [9.17, 15) is 0 Å². The lowest BCUT2D eigenvalue weighted by Gasteiger charge is -2.04. The Balaban J connectivity index is 2.92. The van der Waals surface area contributed by atoms with Crippen molar-refractivity contribution in [2.75, 3.05) is 18.2 Å². The maximum Gasteiger partial charge on any atom is 0.0417 e. The molecule has 2 heteroatoms. The molecular formula is C21H45NS. The van der Waals surface area contributed by atoms with Crippen molar-refractivity contribution < 1.29 is 0 Å². The lowest BCUT2D eigenvalue weighted by Crippen LogP contribution is -2.14. The monoisotopic (exact) mass is 343 g/mol. The Morgan fingerprint density at radius 3 is 1.30 bits per heavy atom. The quantitative estimate of drug-likeness (QED) is 0.181. The zero-order valence-corrected chi connectivity index (χ0v) is 17.2. The second-order valence-corrected chi connectivity index (χ2v) is 8.21. The molecule has 0 aromatic heterocycles. The summed E-state index contributed by atoms with van der Waals surface area (Å²) in [4.78, 5) is 0. The smallest absolute Gasteiger partial charge is 0.0417 e. The summed E-state index contributed by atoms with van der Waals surface area (Å²) in [5.74, 6) is 2.36. The molecule has 0 aliphatic carbocycles. The molecule has 0 aliphatic heterocycles. The molecule has 0 atom stereocenters. The average molecular weight is 344 g/mol. The zero-order chi connectivity index (χ0) is 16.8. The van der Waals surface area contributed by atoms with E-state index in [1.54, 1.807) is 0 Å². The molecule has 0 heterocycles. The highest BCUT2D eigenvalue weighted by atomic mass is 32.2. The van der Waals surface area contributed by atoms with Crippen molar-refractivity contribution in [3.63, 3.8) is 0 Å². The fourth-order valence-electron chi connectivity index (χ4n) is 3.04. The summed E-state index contributed by atoms with van der Waals surface area (Å²) in [6.45, 7) is 5.73. The van der Waals surface area contributed by atoms with Gasteiger partial charge in [0.25, 0.3) is 0 Å². The molecule has 0 radical (unpaired) electrons. The van der Waals surface area contributed by atoms with Gasteiger partial charge in [0, 0.05) is 5.88 Å². The molecule has 0 aromatic carbocycles. The molecule has 0 bridgehead atoms. The summed E-state index contributed by atoms with van der Waals surface area (Å²) in [7, 11) is 0. The molecule has 0 rings (SSSR count). The van der Waals surface area contributed by atoms with E-state index < -0.39 is 0 Å². The van der Waals surface area contributed by atoms with Crippen molar-refractivity contribution >= 4 is 11.8 Å². The van der Waals surface area contributed by atoms with Gasteiger partial charge in [0.15, 0.2) is 0 Å². The van der Waals surface area contributed by atoms with Crippen LogP contribution in [0.3, 0.4) is 0 Å². The highest BCUT2D eigenvalue weighted by Crippen LogP contribution is 2.13. The van der Waals surface area contributed by atoms with Crippen LogP contribution in [0, 0.1) is 0 Å². The van der Waals surface area contributed by atoms with Crippen LogP contribution >= 0.6 is 11.8 Å². The van der Waals surface area contributed by atoms with Crippen molar-refractivity contribution in [1.29, 1.82) is 0 Å². The van der Waals surface area contributed by atoms with Gasteiger partial charge < -0.3 is 5.32 Å². The number of rotatable bonds is 20. The van der Waals surface area contributed by atoms with E-state index in [1.165, 1.54) is 115 Å². The van der Waals surface area contributed by atoms with E-state index in [2.05, 4.69) is 19.2 Å². The fraction of sp³-hybridized carbons (Fsp3) is 1.00. The van der Waals surface area contributed by atoms with Crippen LogP contribution in [0.1, 0.15) is 117 Å². The molecule has 1 N–H and O–H groups in total. The Bertz CT molecular complexity index is 176. The lowest BCUT2D eigenvalue weighted by atomic mass is 10.0. The topological polar surface area (TPSA) is 12.0 Å². The van der Waals surface area contributed by atoms with E-state index in [0.29, 0.717) is 0 Å². The first-order chi connectivity index (χ1) is 11.4. The normalized spacial score (nSPS) is 11.2. The minimum absolute atomic E-state index is 1.13. The van der Waals surface area contributed by atoms with Gasteiger partial charge in [-0.25, -0.2) is 0 Å². The molecule has 0 spiro atoms. The highest BCUT2D eigenvalue weighted by Gasteiger charge is 1.94. The number of hydrogen-bond donors (Lipinski definition) is 1. The molecule has 0 amide bonds. The van der Waals surface area contributed by atoms with Crippen molar-refractivity contribution in [2.24, 2.45) is 0 Å². The van der Waals surface area contributed by atoms with Gasteiger partial charge in [0.2, 0.25) is 0 Å². The zero-order valence-electron chi connectivity index (χ0n) is 16.3. The third kappa shape index (κ3) is 22.3. The SMILES string of the molecule is CCCCCCCCCCCCCCCCCCNCSCC. The van der Waals surface area contributed by atoms with E-state index in [1.807, 2.05) is 11.8 Å². The Hall–Kier alpha value is 0.310. The van der Waals surface area contributed by atoms with Crippen molar-refractivity contribution in [1.82, 2.24) is 5.32 Å². The van der Waals surface area contributed by atoms with Crippen molar-refractivity contribution in [3.05, 3.63) is 0 Å². The Morgan fingerprint density at radius 2 is 0.913 bits per heavy atom. The Kier molecular flexibility index (Phi) is 22.6. The molecule has 0 saturated carbocycles. The molecule has 140 valence electrons. The van der Waals surface area contributed by atoms with Crippen LogP contribution in [0.25, 0.3) is 0 Å². The van der Waals surface area contributed by atoms with Gasteiger partial charge in [-0.05, 0) is 18.7 Å². The molecule has 0 aliphatic rings. The van der Waals surface area contributed by atoms with Gasteiger partial charge in [-0.3, -0.25) is 0 Å². The summed E-state index contributed by atoms with van der Waals surface area (Å²) in [6, 6.07) is 0. The van der Waals surface area contributed by atoms with Gasteiger partial charge in [0.1, 0.15) is 0 Å². The summed E-state index contributed by atoms with van der Waals surface area (Å²) >= 11 is 1.99. The predicted molar refractivity (Wildman–Crippen MR) is 111 cm³/mol. The van der Waals surface area contributed by atoms with Crippen LogP contribution in [-0.2, 0) is 0 Å². The molecular weight excluding hydrogens is 298 g/mol. The second kappa shape index (κ2) is 22.3. The Labute approximate surface area is 152 Å². The number of nitrogens with one attached hydrogen (secondary N) is 1. The van der Waals surface area contributed by atoms with E-state index in [-0.39, 0.29) is 0 Å². The van der Waals surface area contributed by atoms with Gasteiger partial charge >= 0.3 is 0 Å². The average Bonchev–Trinajstić information content (AvgIpc) is 2.57. The summed E-state index contributed by atoms with van der Waals surface area (Å²) in [6.07, 6.45) is 23.3. The molecule has 0 unspecified atom stereocenters. The number of hydrogen-bond acceptors (Lipinski definition) is 2. The van der Waals surface area contributed by atoms with Gasteiger partial charge in [-0.2, -0.15) is 0 Å². The predicted octanol–water partition coefficient (Wildman–Crippen LogP) is 7.55. The molecule has 1 nitrogen and oxygen atoms in total. The first-order valence-electron chi connectivity index (χ1n) is 10.7. The minimum atomic E-state index is 1.13. The number of unbranched alkanes of at least 4 members (excludes halogenated alkanes) is 15. The van der Waals surface area contributed by atoms with Crippen LogP contribution in [0.2, 0.25) is 0 Å². The van der Waals surface area contributed by atoms with E-state index in [0.717, 1.165) is 5.88 Å². The van der Waals surface area contributed by atoms with E-state index >= 15 is 0 Å². The largest absolute Gasteiger partial charge is 0.308 e. The summed E-state index contributed by atoms with van der Waals surface area (Å²) in [5.41, 5.74) is 0. The summed E-state index contributed by atoms with van der Waals surface area (Å²) in [5, 5.41) is 3.50. The maximum atomic E-state index is 3.50. The second-order valence-electron chi connectivity index (χ2n) is 6.94. The first kappa shape index (κ1) is 23.3. The van der Waals surface area contributed by atoms with Gasteiger partial charge in [-0.1, -0.05) is 110 Å². The van der Waals surface area contributed by atoms with Gasteiger partial charge in [-0.15, -0.1) is 11.8 Å². The van der Waals surface area contributed by atoms with Gasteiger partial charge in [0.05, 0.1) is 0 Å². The first-order valence-corrected chi connectivity index (χ1v) is 11.9. The molecule has 23 heavy (non-hydrogen) atoms. The lowest BCUT2D eigenvalue weighted by molar-refractivity contribution is 0.527. The van der Waals surface area contributed by atoms with Crippen LogP contribution in [0.5, 0.6) is 0 Å². The fourth-order valence-corrected chi connectivity index (χ4v) is 3.54. The Morgan fingerprint density at radius 1 is 0.522 bits per heavy atom. The molecule has 0 aromatic rings. The molecule has 0 fully saturated rings. The van der Waals surface area contributed by atoms with Crippen LogP contribution in [0.4, 0.5) is 0 Å². The summed E-state index contributed by atoms with van der Waals surface area (Å²) < 4.78 is 0. The standard InChI is InChI=1S/C21H45NS/c1-3-5-6-7-8-9-10-11-12-13-14-15-16-17-18-19-20-22-21-23-4-2/h22H,3-21H2,1-2H3. The van der Waals surface area contributed by atoms with Crippen LogP contribution in [-0.4, -0.2) is 18.2 Å². The minimum Gasteiger partial charge on any atom is -0.308 e. The maximum absolute atomic E-state index is 3.50. The van der Waals surface area contributed by atoms with E-state index in [4.69, 9.17) is 0 Å². The van der Waals surface area contributed by atoms with Crippen LogP contribution in [0.15, 0.2) is 0 Å².